The summed E-state index contributed by atoms with van der Waals surface area (Å²) in [6.45, 7) is 15.4. The van der Waals surface area contributed by atoms with E-state index < -0.39 is 5.97 Å². The van der Waals surface area contributed by atoms with Crippen molar-refractivity contribution in [2.45, 2.75) is 99.0 Å². The van der Waals surface area contributed by atoms with Crippen LogP contribution in [-0.4, -0.2) is 23.3 Å². The zero-order valence-corrected chi connectivity index (χ0v) is 20.6. The first-order valence-electron chi connectivity index (χ1n) is 11.9. The molecule has 0 aliphatic carbocycles. The maximum atomic E-state index is 10.8. The molecule has 1 aliphatic heterocycles. The maximum Gasteiger partial charge on any atom is 0.306 e. The van der Waals surface area contributed by atoms with E-state index in [-0.39, 0.29) is 18.6 Å². The molecule has 174 valence electrons. The van der Waals surface area contributed by atoms with Crippen molar-refractivity contribution in [3.8, 4) is 11.5 Å². The van der Waals surface area contributed by atoms with Crippen molar-refractivity contribution in [1.82, 2.24) is 0 Å². The lowest BCUT2D eigenvalue weighted by molar-refractivity contribution is -0.137. The third-order valence-electron chi connectivity index (χ3n) is 6.57. The molecule has 1 aliphatic rings. The Bertz CT molecular complexity index is 793. The van der Waals surface area contributed by atoms with E-state index in [4.69, 9.17) is 14.6 Å². The zero-order valence-electron chi connectivity index (χ0n) is 20.6. The molecule has 31 heavy (non-hydrogen) atoms. The molecule has 1 aromatic rings. The highest BCUT2D eigenvalue weighted by atomic mass is 16.5. The van der Waals surface area contributed by atoms with Gasteiger partial charge in [-0.15, -0.1) is 0 Å². The van der Waals surface area contributed by atoms with Gasteiger partial charge in [0.25, 0.3) is 0 Å². The molecule has 0 spiro atoms. The van der Waals surface area contributed by atoms with E-state index in [1.54, 1.807) is 0 Å². The highest BCUT2D eigenvalue weighted by molar-refractivity contribution is 5.67. The van der Waals surface area contributed by atoms with Crippen molar-refractivity contribution in [2.24, 2.45) is 11.8 Å². The molecule has 1 unspecified atom stereocenters. The van der Waals surface area contributed by atoms with E-state index in [9.17, 15) is 4.79 Å². The van der Waals surface area contributed by atoms with Gasteiger partial charge in [0.1, 0.15) is 17.1 Å². The lowest BCUT2D eigenvalue weighted by atomic mass is 9.86. The number of carboxylic acid groups (broad SMARTS) is 1. The molecule has 1 heterocycles. The minimum Gasteiger partial charge on any atom is -0.492 e. The first kappa shape index (κ1) is 25.3. The summed E-state index contributed by atoms with van der Waals surface area (Å²) in [6.07, 6.45) is 11.4. The molecule has 1 aromatic carbocycles. The number of benzene rings is 1. The summed E-state index contributed by atoms with van der Waals surface area (Å²) in [6, 6.07) is 0. The van der Waals surface area contributed by atoms with Crippen LogP contribution in [0.3, 0.4) is 0 Å². The Morgan fingerprint density at radius 2 is 1.87 bits per heavy atom. The van der Waals surface area contributed by atoms with Crippen molar-refractivity contribution in [1.29, 1.82) is 0 Å². The van der Waals surface area contributed by atoms with Crippen molar-refractivity contribution < 1.29 is 19.4 Å². The average Bonchev–Trinajstić information content (AvgIpc) is 2.68. The number of carbonyl (C=O) groups is 1. The van der Waals surface area contributed by atoms with E-state index in [0.717, 1.165) is 53.4 Å². The SMILES string of the molecule is Cc1c(C)c2c(c(C)c1OCCC(=O)O)CC[C@](C)(/C=C/CC(C)CCCC(C)C)O2. The fourth-order valence-corrected chi connectivity index (χ4v) is 4.37. The smallest absolute Gasteiger partial charge is 0.306 e. The molecule has 0 saturated carbocycles. The Balaban J connectivity index is 2.07. The fourth-order valence-electron chi connectivity index (χ4n) is 4.37. The summed E-state index contributed by atoms with van der Waals surface area (Å²) < 4.78 is 12.4. The van der Waals surface area contributed by atoms with Crippen LogP contribution in [0, 0.1) is 32.6 Å². The second-order valence-corrected chi connectivity index (χ2v) is 9.99. The molecule has 0 fully saturated rings. The van der Waals surface area contributed by atoms with Gasteiger partial charge in [-0.3, -0.25) is 4.79 Å². The van der Waals surface area contributed by atoms with Crippen LogP contribution >= 0.6 is 0 Å². The second kappa shape index (κ2) is 11.1. The Hall–Kier alpha value is -1.97. The van der Waals surface area contributed by atoms with Gasteiger partial charge >= 0.3 is 5.97 Å². The summed E-state index contributed by atoms with van der Waals surface area (Å²) in [7, 11) is 0. The van der Waals surface area contributed by atoms with Crippen LogP contribution in [0.2, 0.25) is 0 Å². The van der Waals surface area contributed by atoms with Crippen molar-refractivity contribution in [2.75, 3.05) is 6.61 Å². The molecule has 4 heteroatoms. The number of carboxylic acids is 1. The minimum atomic E-state index is -0.842. The minimum absolute atomic E-state index is 0.00424. The quantitative estimate of drug-likeness (QED) is 0.386. The summed E-state index contributed by atoms with van der Waals surface area (Å²) in [4.78, 5) is 10.8. The largest absolute Gasteiger partial charge is 0.492 e. The van der Waals surface area contributed by atoms with Gasteiger partial charge in [-0.1, -0.05) is 46.1 Å². The Morgan fingerprint density at radius 3 is 2.52 bits per heavy atom. The fraction of sp³-hybridized carbons (Fsp3) is 0.667. The lowest BCUT2D eigenvalue weighted by Crippen LogP contribution is -2.35. The number of allylic oxidation sites excluding steroid dienone is 1. The predicted octanol–water partition coefficient (Wildman–Crippen LogP) is 6.96. The van der Waals surface area contributed by atoms with E-state index in [1.807, 2.05) is 6.92 Å². The Labute approximate surface area is 189 Å². The lowest BCUT2D eigenvalue weighted by Gasteiger charge is -2.36. The van der Waals surface area contributed by atoms with Crippen LogP contribution in [0.4, 0.5) is 0 Å². The van der Waals surface area contributed by atoms with Gasteiger partial charge in [0.05, 0.1) is 13.0 Å². The van der Waals surface area contributed by atoms with Gasteiger partial charge in [0, 0.05) is 5.56 Å². The van der Waals surface area contributed by atoms with Gasteiger partial charge < -0.3 is 14.6 Å². The number of hydrogen-bond acceptors (Lipinski definition) is 3. The van der Waals surface area contributed by atoms with Crippen LogP contribution in [0.5, 0.6) is 11.5 Å². The van der Waals surface area contributed by atoms with Crippen LogP contribution in [0.15, 0.2) is 12.2 Å². The molecule has 4 nitrogen and oxygen atoms in total. The summed E-state index contributed by atoms with van der Waals surface area (Å²) in [5.41, 5.74) is 4.11. The van der Waals surface area contributed by atoms with Gasteiger partial charge in [-0.25, -0.2) is 0 Å². The monoisotopic (exact) mass is 430 g/mol. The van der Waals surface area contributed by atoms with E-state index in [2.05, 4.69) is 53.7 Å². The van der Waals surface area contributed by atoms with Crippen molar-refractivity contribution in [3.63, 3.8) is 0 Å². The normalized spacial score (nSPS) is 19.4. The summed E-state index contributed by atoms with van der Waals surface area (Å²) in [5, 5.41) is 8.90. The molecule has 0 aromatic heterocycles. The van der Waals surface area contributed by atoms with Gasteiger partial charge in [0.15, 0.2) is 0 Å². The van der Waals surface area contributed by atoms with Crippen LogP contribution < -0.4 is 9.47 Å². The predicted molar refractivity (Wildman–Crippen MR) is 127 cm³/mol. The third kappa shape index (κ3) is 7.02. The molecule has 2 atom stereocenters. The molecule has 0 saturated heterocycles. The molecule has 1 N–H and O–H groups in total. The molecule has 0 radical (unpaired) electrons. The van der Waals surface area contributed by atoms with Crippen LogP contribution in [0.1, 0.15) is 88.5 Å². The van der Waals surface area contributed by atoms with Crippen molar-refractivity contribution >= 4 is 5.97 Å². The highest BCUT2D eigenvalue weighted by Gasteiger charge is 2.33. The second-order valence-electron chi connectivity index (χ2n) is 9.99. The molecular weight excluding hydrogens is 388 g/mol. The number of ether oxygens (including phenoxy) is 2. The number of fused-ring (bicyclic) bond motifs is 1. The van der Waals surface area contributed by atoms with Crippen LogP contribution in [0.25, 0.3) is 0 Å². The van der Waals surface area contributed by atoms with Gasteiger partial charge in [-0.05, 0) is 81.6 Å². The molecule has 2 rings (SSSR count). The Kier molecular flexibility index (Phi) is 9.02. The molecule has 0 bridgehead atoms. The van der Waals surface area contributed by atoms with Crippen molar-refractivity contribution in [3.05, 3.63) is 34.4 Å². The van der Waals surface area contributed by atoms with E-state index in [0.29, 0.717) is 5.92 Å². The van der Waals surface area contributed by atoms with E-state index >= 15 is 0 Å². The third-order valence-corrected chi connectivity index (χ3v) is 6.57. The first-order chi connectivity index (χ1) is 14.5. The molecule has 0 amide bonds. The number of hydrogen-bond donors (Lipinski definition) is 1. The topological polar surface area (TPSA) is 55.8 Å². The summed E-state index contributed by atoms with van der Waals surface area (Å²) >= 11 is 0. The number of aliphatic carboxylic acids is 1. The first-order valence-corrected chi connectivity index (χ1v) is 11.9. The van der Waals surface area contributed by atoms with Crippen LogP contribution in [-0.2, 0) is 11.2 Å². The maximum absolute atomic E-state index is 10.8. The highest BCUT2D eigenvalue weighted by Crippen LogP contribution is 2.44. The Morgan fingerprint density at radius 1 is 1.16 bits per heavy atom. The standard InChI is InChI=1S/C27H42O4/c1-18(2)10-8-11-19(3)12-9-15-27(7)16-13-23-22(6)25(30-17-14-24(28)29)20(4)21(5)26(23)31-27/h9,15,18-19H,8,10-14,16-17H2,1-7H3,(H,28,29)/b15-9+/t19?,27-/m0/s1. The number of rotatable bonds is 11. The van der Waals surface area contributed by atoms with E-state index in [1.165, 1.54) is 24.8 Å². The summed E-state index contributed by atoms with van der Waals surface area (Å²) in [5.74, 6) is 2.44. The average molecular weight is 431 g/mol. The zero-order chi connectivity index (χ0) is 23.2. The van der Waals surface area contributed by atoms with Gasteiger partial charge in [0.2, 0.25) is 0 Å². The molecular formula is C27H42O4. The van der Waals surface area contributed by atoms with Gasteiger partial charge in [-0.2, -0.15) is 0 Å².